The Balaban J connectivity index is 0.973. The van der Waals surface area contributed by atoms with Crippen molar-refractivity contribution in [3.05, 3.63) is 119 Å². The first kappa shape index (κ1) is 35.7. The summed E-state index contributed by atoms with van der Waals surface area (Å²) in [7, 11) is 0. The van der Waals surface area contributed by atoms with E-state index in [0.29, 0.717) is 50.3 Å². The Kier molecular flexibility index (Phi) is 11.2. The Bertz CT molecular complexity index is 1970. The SMILES string of the molecule is CCC(=C(c1ccc(O)cc1)c1ccc(OCCNC(=O)CCCNc2cccc3c2CN(C2CCC(=O)NC2=O)C3=O)cc1)c1ccc(O)cc1. The lowest BCUT2D eigenvalue weighted by atomic mass is 9.88. The first-order chi connectivity index (χ1) is 25.2. The highest BCUT2D eigenvalue weighted by atomic mass is 16.5. The smallest absolute Gasteiger partial charge is 0.255 e. The topological polar surface area (TPSA) is 157 Å². The fourth-order valence-corrected chi connectivity index (χ4v) is 6.72. The van der Waals surface area contributed by atoms with Gasteiger partial charge in [-0.3, -0.25) is 24.5 Å². The average molecular weight is 703 g/mol. The summed E-state index contributed by atoms with van der Waals surface area (Å²) >= 11 is 0. The number of hydrogen-bond acceptors (Lipinski definition) is 8. The zero-order chi connectivity index (χ0) is 36.6. The van der Waals surface area contributed by atoms with Crippen molar-refractivity contribution in [1.29, 1.82) is 0 Å². The minimum atomic E-state index is -0.671. The van der Waals surface area contributed by atoms with Crippen LogP contribution in [-0.4, -0.2) is 64.5 Å². The number of nitrogens with one attached hydrogen (secondary N) is 3. The predicted octanol–water partition coefficient (Wildman–Crippen LogP) is 5.62. The number of allylic oxidation sites excluding steroid dienone is 1. The summed E-state index contributed by atoms with van der Waals surface area (Å²) in [5, 5.41) is 28.3. The third-order valence-corrected chi connectivity index (χ3v) is 9.34. The molecule has 11 heteroatoms. The molecule has 6 rings (SSSR count). The summed E-state index contributed by atoms with van der Waals surface area (Å²) in [5.74, 6) is -0.0233. The molecule has 2 heterocycles. The molecule has 2 aliphatic heterocycles. The van der Waals surface area contributed by atoms with Crippen molar-refractivity contribution in [2.75, 3.05) is 25.0 Å². The van der Waals surface area contributed by atoms with Crippen molar-refractivity contribution >= 4 is 40.5 Å². The number of imide groups is 1. The molecule has 1 unspecified atom stereocenters. The standard InChI is InChI=1S/C41H42N4O7/c1-2-32(26-8-14-29(46)15-9-26)39(27-10-16-30(47)17-11-27)28-12-18-31(19-13-28)52-24-23-43-37(48)7-4-22-42-35-6-3-5-33-34(35)25-45(41(33)51)36-20-21-38(49)44-40(36)50/h3,5-6,8-19,36,42,46-47H,2,4,7,20-25H2,1H3,(H,43,48)(H,44,49,50). The molecule has 0 bridgehead atoms. The number of carbonyl (C=O) groups is 4. The van der Waals surface area contributed by atoms with Gasteiger partial charge in [-0.2, -0.15) is 0 Å². The number of phenols is 2. The van der Waals surface area contributed by atoms with Gasteiger partial charge >= 0.3 is 0 Å². The molecule has 0 saturated carbocycles. The van der Waals surface area contributed by atoms with E-state index in [1.807, 2.05) is 54.6 Å². The summed E-state index contributed by atoms with van der Waals surface area (Å²) in [5.41, 5.74) is 7.17. The van der Waals surface area contributed by atoms with Crippen molar-refractivity contribution < 1.29 is 34.1 Å². The second-order valence-corrected chi connectivity index (χ2v) is 12.8. The third kappa shape index (κ3) is 8.26. The van der Waals surface area contributed by atoms with E-state index in [-0.39, 0.29) is 42.2 Å². The van der Waals surface area contributed by atoms with Gasteiger partial charge in [0.2, 0.25) is 17.7 Å². The Labute approximate surface area is 302 Å². The number of rotatable bonds is 14. The van der Waals surface area contributed by atoms with Crippen molar-refractivity contribution in [3.63, 3.8) is 0 Å². The Morgan fingerprint density at radius 1 is 0.865 bits per heavy atom. The van der Waals surface area contributed by atoms with Crippen molar-refractivity contribution in [1.82, 2.24) is 15.5 Å². The van der Waals surface area contributed by atoms with Crippen LogP contribution in [-0.2, 0) is 20.9 Å². The van der Waals surface area contributed by atoms with Crippen LogP contribution in [0.1, 0.15) is 71.6 Å². The van der Waals surface area contributed by atoms with Crippen LogP contribution in [0.15, 0.2) is 91.0 Å². The van der Waals surface area contributed by atoms with E-state index in [1.165, 1.54) is 4.90 Å². The van der Waals surface area contributed by atoms with Gasteiger partial charge in [-0.05, 0) is 95.6 Å². The van der Waals surface area contributed by atoms with E-state index in [1.54, 1.807) is 36.4 Å². The van der Waals surface area contributed by atoms with E-state index in [4.69, 9.17) is 4.74 Å². The van der Waals surface area contributed by atoms with Gasteiger partial charge in [0.15, 0.2) is 0 Å². The molecular formula is C41H42N4O7. The lowest BCUT2D eigenvalue weighted by Crippen LogP contribution is -2.52. The summed E-state index contributed by atoms with van der Waals surface area (Å²) in [6.07, 6.45) is 2.14. The number of carbonyl (C=O) groups excluding carboxylic acids is 4. The fraction of sp³-hybridized carbons (Fsp3) is 0.268. The quantitative estimate of drug-likeness (QED) is 0.0645. The molecule has 1 atom stereocenters. The van der Waals surface area contributed by atoms with Crippen LogP contribution in [0, 0.1) is 0 Å². The summed E-state index contributed by atoms with van der Waals surface area (Å²) < 4.78 is 5.92. The number of phenolic OH excluding ortho intramolecular Hbond substituents is 2. The zero-order valence-corrected chi connectivity index (χ0v) is 29.0. The van der Waals surface area contributed by atoms with E-state index in [0.717, 1.165) is 45.5 Å². The molecule has 0 radical (unpaired) electrons. The lowest BCUT2D eigenvalue weighted by molar-refractivity contribution is -0.137. The van der Waals surface area contributed by atoms with Crippen LogP contribution < -0.4 is 20.7 Å². The molecule has 1 saturated heterocycles. The van der Waals surface area contributed by atoms with Crippen LogP contribution in [0.4, 0.5) is 5.69 Å². The highest BCUT2D eigenvalue weighted by molar-refractivity contribution is 6.06. The van der Waals surface area contributed by atoms with Crippen LogP contribution in [0.5, 0.6) is 17.2 Å². The molecule has 4 aromatic carbocycles. The molecule has 268 valence electrons. The van der Waals surface area contributed by atoms with Gasteiger partial charge in [-0.15, -0.1) is 0 Å². The summed E-state index contributed by atoms with van der Waals surface area (Å²) in [4.78, 5) is 51.1. The lowest BCUT2D eigenvalue weighted by Gasteiger charge is -2.29. The summed E-state index contributed by atoms with van der Waals surface area (Å²) in [6.45, 7) is 3.53. The third-order valence-electron chi connectivity index (χ3n) is 9.34. The van der Waals surface area contributed by atoms with E-state index >= 15 is 0 Å². The minimum absolute atomic E-state index is 0.0942. The summed E-state index contributed by atoms with van der Waals surface area (Å²) in [6, 6.07) is 26.8. The molecular weight excluding hydrogens is 660 g/mol. The maximum Gasteiger partial charge on any atom is 0.255 e. The van der Waals surface area contributed by atoms with Gasteiger partial charge in [0.1, 0.15) is 29.9 Å². The second-order valence-electron chi connectivity index (χ2n) is 12.8. The number of piperidine rings is 1. The van der Waals surface area contributed by atoms with E-state index < -0.39 is 11.9 Å². The Morgan fingerprint density at radius 3 is 2.17 bits per heavy atom. The number of anilines is 1. The van der Waals surface area contributed by atoms with Gasteiger partial charge in [0.05, 0.1) is 6.54 Å². The molecule has 2 aliphatic rings. The van der Waals surface area contributed by atoms with Gasteiger partial charge in [-0.1, -0.05) is 49.4 Å². The zero-order valence-electron chi connectivity index (χ0n) is 29.0. The minimum Gasteiger partial charge on any atom is -0.508 e. The number of ether oxygens (including phenoxy) is 1. The van der Waals surface area contributed by atoms with Crippen molar-refractivity contribution in [2.24, 2.45) is 0 Å². The second kappa shape index (κ2) is 16.3. The van der Waals surface area contributed by atoms with E-state index in [2.05, 4.69) is 22.9 Å². The maximum atomic E-state index is 13.1. The fourth-order valence-electron chi connectivity index (χ4n) is 6.72. The number of benzene rings is 4. The molecule has 4 aromatic rings. The van der Waals surface area contributed by atoms with Crippen LogP contribution >= 0.6 is 0 Å². The number of nitrogens with zero attached hydrogens (tertiary/aromatic N) is 1. The number of fused-ring (bicyclic) bond motifs is 1. The molecule has 0 aromatic heterocycles. The first-order valence-corrected chi connectivity index (χ1v) is 17.5. The van der Waals surface area contributed by atoms with E-state index in [9.17, 15) is 29.4 Å². The number of aromatic hydroxyl groups is 2. The average Bonchev–Trinajstić information content (AvgIpc) is 3.48. The molecule has 1 fully saturated rings. The van der Waals surface area contributed by atoms with Crippen LogP contribution in [0.25, 0.3) is 11.1 Å². The normalized spacial score (nSPS) is 15.8. The first-order valence-electron chi connectivity index (χ1n) is 17.5. The molecule has 0 spiro atoms. The predicted molar refractivity (Wildman–Crippen MR) is 198 cm³/mol. The van der Waals surface area contributed by atoms with Crippen molar-refractivity contribution in [3.8, 4) is 17.2 Å². The Hall–Kier alpha value is -6.10. The number of hydrogen-bond donors (Lipinski definition) is 5. The van der Waals surface area contributed by atoms with Gasteiger partial charge in [0.25, 0.3) is 5.91 Å². The number of amides is 4. The Morgan fingerprint density at radius 2 is 1.52 bits per heavy atom. The van der Waals surface area contributed by atoms with Crippen molar-refractivity contribution in [2.45, 2.75) is 51.6 Å². The van der Waals surface area contributed by atoms with Crippen LogP contribution in [0.2, 0.25) is 0 Å². The molecule has 5 N–H and O–H groups in total. The van der Waals surface area contributed by atoms with Crippen LogP contribution in [0.3, 0.4) is 0 Å². The molecule has 52 heavy (non-hydrogen) atoms. The highest BCUT2D eigenvalue weighted by Gasteiger charge is 2.39. The largest absolute Gasteiger partial charge is 0.508 e. The van der Waals surface area contributed by atoms with Gasteiger partial charge in [-0.25, -0.2) is 0 Å². The van der Waals surface area contributed by atoms with Gasteiger partial charge < -0.3 is 30.5 Å². The highest BCUT2D eigenvalue weighted by Crippen LogP contribution is 2.36. The van der Waals surface area contributed by atoms with Gasteiger partial charge in [0, 0.05) is 42.7 Å². The molecule has 0 aliphatic carbocycles. The molecule has 11 nitrogen and oxygen atoms in total. The maximum absolute atomic E-state index is 13.1. The molecule has 4 amide bonds. The monoisotopic (exact) mass is 702 g/mol.